The average molecular weight is 268 g/mol. The number of carbonyl (C=O) groups is 1. The number of rotatable bonds is 4. The average Bonchev–Trinajstić information content (AvgIpc) is 2.84. The molecule has 2 fully saturated rings. The fourth-order valence-corrected chi connectivity index (χ4v) is 3.58. The summed E-state index contributed by atoms with van der Waals surface area (Å²) < 4.78 is 0. The molecule has 0 aromatic carbocycles. The maximum absolute atomic E-state index is 12.2. The van der Waals surface area contributed by atoms with Crippen LogP contribution in [0.2, 0.25) is 0 Å². The summed E-state index contributed by atoms with van der Waals surface area (Å²) >= 11 is 0. The molecule has 4 heteroatoms. The van der Waals surface area contributed by atoms with Gasteiger partial charge < -0.3 is 15.7 Å². The number of nitrogens with one attached hydrogen (secondary N) is 2. The van der Waals surface area contributed by atoms with Gasteiger partial charge in [0.25, 0.3) is 0 Å². The summed E-state index contributed by atoms with van der Waals surface area (Å²) in [7, 11) is 0. The number of hydrogen-bond acceptors (Lipinski definition) is 3. The summed E-state index contributed by atoms with van der Waals surface area (Å²) in [5.74, 6) is 1.28. The Bertz CT molecular complexity index is 325. The molecule has 1 aliphatic heterocycles. The van der Waals surface area contributed by atoms with Crippen molar-refractivity contribution in [1.82, 2.24) is 10.6 Å². The second kappa shape index (κ2) is 5.80. The minimum atomic E-state index is -0.454. The van der Waals surface area contributed by atoms with Gasteiger partial charge in [0.15, 0.2) is 0 Å². The Labute approximate surface area is 116 Å². The summed E-state index contributed by atoms with van der Waals surface area (Å²) in [6, 6.07) is -0.0330. The number of amides is 1. The van der Waals surface area contributed by atoms with E-state index in [2.05, 4.69) is 31.4 Å². The van der Waals surface area contributed by atoms with E-state index < -0.39 is 6.10 Å². The van der Waals surface area contributed by atoms with Gasteiger partial charge in [-0.3, -0.25) is 4.79 Å². The highest BCUT2D eigenvalue weighted by Crippen LogP contribution is 2.37. The molecule has 0 bridgehead atoms. The Balaban J connectivity index is 1.75. The Hall–Kier alpha value is -0.610. The highest BCUT2D eigenvalue weighted by molar-refractivity contribution is 5.82. The third-order valence-corrected chi connectivity index (χ3v) is 4.39. The molecule has 0 aromatic rings. The van der Waals surface area contributed by atoms with Crippen LogP contribution in [0.3, 0.4) is 0 Å². The fourth-order valence-electron chi connectivity index (χ4n) is 3.58. The van der Waals surface area contributed by atoms with Gasteiger partial charge in [-0.15, -0.1) is 0 Å². The highest BCUT2D eigenvalue weighted by atomic mass is 16.3. The van der Waals surface area contributed by atoms with Crippen LogP contribution < -0.4 is 10.6 Å². The zero-order valence-electron chi connectivity index (χ0n) is 12.4. The molecule has 0 radical (unpaired) electrons. The third-order valence-electron chi connectivity index (χ3n) is 4.39. The fraction of sp³-hybridized carbons (Fsp3) is 0.933. The van der Waals surface area contributed by atoms with Crippen LogP contribution in [0, 0.1) is 17.3 Å². The number of fused-ring (bicyclic) bond motifs is 1. The second-order valence-corrected chi connectivity index (χ2v) is 7.40. The molecule has 1 saturated heterocycles. The molecular weight excluding hydrogens is 240 g/mol. The minimum absolute atomic E-state index is 0.0330. The number of hydrogen-bond donors (Lipinski definition) is 3. The van der Waals surface area contributed by atoms with E-state index in [1.807, 2.05) is 0 Å². The Morgan fingerprint density at radius 1 is 1.42 bits per heavy atom. The lowest BCUT2D eigenvalue weighted by Crippen LogP contribution is -2.46. The molecule has 3 N–H and O–H groups in total. The van der Waals surface area contributed by atoms with Crippen LogP contribution in [0.15, 0.2) is 0 Å². The molecule has 19 heavy (non-hydrogen) atoms. The molecular formula is C15H28N2O2. The zero-order valence-corrected chi connectivity index (χ0v) is 12.4. The van der Waals surface area contributed by atoms with Crippen molar-refractivity contribution in [1.29, 1.82) is 0 Å². The van der Waals surface area contributed by atoms with E-state index in [1.54, 1.807) is 0 Å². The molecule has 1 heterocycles. The summed E-state index contributed by atoms with van der Waals surface area (Å²) in [5, 5.41) is 16.2. The molecule has 1 amide bonds. The van der Waals surface area contributed by atoms with E-state index in [1.165, 1.54) is 19.3 Å². The third kappa shape index (κ3) is 3.93. The van der Waals surface area contributed by atoms with Crippen LogP contribution in [-0.4, -0.2) is 36.2 Å². The highest BCUT2D eigenvalue weighted by Gasteiger charge is 2.42. The first-order chi connectivity index (χ1) is 8.87. The van der Waals surface area contributed by atoms with Crippen molar-refractivity contribution in [3.63, 3.8) is 0 Å². The summed E-state index contributed by atoms with van der Waals surface area (Å²) in [4.78, 5) is 12.2. The van der Waals surface area contributed by atoms with Crippen molar-refractivity contribution >= 4 is 5.91 Å². The van der Waals surface area contributed by atoms with Crippen LogP contribution in [0.25, 0.3) is 0 Å². The first kappa shape index (κ1) is 14.8. The second-order valence-electron chi connectivity index (χ2n) is 7.40. The Kier molecular flexibility index (Phi) is 4.51. The lowest BCUT2D eigenvalue weighted by atomic mass is 9.89. The maximum Gasteiger partial charge on any atom is 0.237 e. The van der Waals surface area contributed by atoms with Gasteiger partial charge in [0.05, 0.1) is 12.1 Å². The lowest BCUT2D eigenvalue weighted by molar-refractivity contribution is -0.124. The van der Waals surface area contributed by atoms with Crippen molar-refractivity contribution in [2.45, 2.75) is 58.6 Å². The molecule has 0 aromatic heterocycles. The van der Waals surface area contributed by atoms with E-state index in [0.29, 0.717) is 24.8 Å². The topological polar surface area (TPSA) is 61.4 Å². The largest absolute Gasteiger partial charge is 0.391 e. The molecule has 4 nitrogen and oxygen atoms in total. The lowest BCUT2D eigenvalue weighted by Gasteiger charge is -2.24. The van der Waals surface area contributed by atoms with E-state index in [0.717, 1.165) is 6.54 Å². The maximum atomic E-state index is 12.2. The predicted molar refractivity (Wildman–Crippen MR) is 75.7 cm³/mol. The van der Waals surface area contributed by atoms with Crippen molar-refractivity contribution in [2.24, 2.45) is 17.3 Å². The van der Waals surface area contributed by atoms with E-state index in [9.17, 15) is 9.90 Å². The van der Waals surface area contributed by atoms with Gasteiger partial charge in [-0.1, -0.05) is 27.2 Å². The smallest absolute Gasteiger partial charge is 0.237 e. The number of aliphatic hydroxyl groups is 1. The van der Waals surface area contributed by atoms with E-state index in [4.69, 9.17) is 0 Å². The standard InChI is InChI=1S/C15H28N2O2/c1-15(2,3)7-11(18)9-17-14(19)13-12-6-4-5-10(12)8-16-13/h10-13,16,18H,4-9H2,1-3H3,(H,17,19). The van der Waals surface area contributed by atoms with Crippen LogP contribution in [0.5, 0.6) is 0 Å². The molecule has 1 saturated carbocycles. The van der Waals surface area contributed by atoms with Gasteiger partial charge in [0.2, 0.25) is 5.91 Å². The van der Waals surface area contributed by atoms with Crippen molar-refractivity contribution in [3.05, 3.63) is 0 Å². The quantitative estimate of drug-likeness (QED) is 0.720. The molecule has 0 spiro atoms. The van der Waals surface area contributed by atoms with Crippen molar-refractivity contribution in [2.75, 3.05) is 13.1 Å². The Morgan fingerprint density at radius 2 is 2.16 bits per heavy atom. The van der Waals surface area contributed by atoms with Crippen molar-refractivity contribution in [3.8, 4) is 0 Å². The number of aliphatic hydroxyl groups excluding tert-OH is 1. The monoisotopic (exact) mass is 268 g/mol. The number of carbonyl (C=O) groups excluding carboxylic acids is 1. The molecule has 2 aliphatic rings. The van der Waals surface area contributed by atoms with Gasteiger partial charge in [-0.2, -0.15) is 0 Å². The van der Waals surface area contributed by atoms with Gasteiger partial charge >= 0.3 is 0 Å². The van der Waals surface area contributed by atoms with Gasteiger partial charge in [0, 0.05) is 6.54 Å². The van der Waals surface area contributed by atoms with Crippen LogP contribution >= 0.6 is 0 Å². The summed E-state index contributed by atoms with van der Waals surface area (Å²) in [6.07, 6.45) is 3.93. The minimum Gasteiger partial charge on any atom is -0.391 e. The first-order valence-corrected chi connectivity index (χ1v) is 7.56. The van der Waals surface area contributed by atoms with Crippen molar-refractivity contribution < 1.29 is 9.90 Å². The predicted octanol–water partition coefficient (Wildman–Crippen LogP) is 1.29. The molecule has 4 unspecified atom stereocenters. The van der Waals surface area contributed by atoms with Gasteiger partial charge in [0.1, 0.15) is 0 Å². The van der Waals surface area contributed by atoms with Gasteiger partial charge in [-0.05, 0) is 43.1 Å². The normalized spacial score (nSPS) is 32.1. The molecule has 4 atom stereocenters. The summed E-state index contributed by atoms with van der Waals surface area (Å²) in [6.45, 7) is 7.64. The summed E-state index contributed by atoms with van der Waals surface area (Å²) in [5.41, 5.74) is 0.0896. The zero-order chi connectivity index (χ0) is 14.0. The Morgan fingerprint density at radius 3 is 2.84 bits per heavy atom. The van der Waals surface area contributed by atoms with Crippen LogP contribution in [-0.2, 0) is 4.79 Å². The van der Waals surface area contributed by atoms with Crippen LogP contribution in [0.4, 0.5) is 0 Å². The van der Waals surface area contributed by atoms with Crippen LogP contribution in [0.1, 0.15) is 46.5 Å². The molecule has 110 valence electrons. The molecule has 2 rings (SSSR count). The molecule has 1 aliphatic carbocycles. The van der Waals surface area contributed by atoms with E-state index >= 15 is 0 Å². The first-order valence-electron chi connectivity index (χ1n) is 7.56. The van der Waals surface area contributed by atoms with E-state index in [-0.39, 0.29) is 17.4 Å². The van der Waals surface area contributed by atoms with Gasteiger partial charge in [-0.25, -0.2) is 0 Å². The SMILES string of the molecule is CC(C)(C)CC(O)CNC(=O)C1NCC2CCCC21.